The molecule has 2 aromatic carbocycles. The summed E-state index contributed by atoms with van der Waals surface area (Å²) in [5.74, 6) is 0. The molecule has 0 unspecified atom stereocenters. The van der Waals surface area contributed by atoms with Crippen LogP contribution in [-0.4, -0.2) is 0 Å². The lowest BCUT2D eigenvalue weighted by molar-refractivity contribution is 1.13. The molecule has 0 radical (unpaired) electrons. The van der Waals surface area contributed by atoms with E-state index >= 15 is 0 Å². The average molecular weight is 224 g/mol. The second kappa shape index (κ2) is 4.75. The lowest BCUT2D eigenvalue weighted by Crippen LogP contribution is -1.95. The summed E-state index contributed by atoms with van der Waals surface area (Å²) in [4.78, 5) is 0. The summed E-state index contributed by atoms with van der Waals surface area (Å²) in [6, 6.07) is 13.4. The summed E-state index contributed by atoms with van der Waals surface area (Å²) in [6.07, 6.45) is 1.03. The summed E-state index contributed by atoms with van der Waals surface area (Å²) >= 11 is 0. The van der Waals surface area contributed by atoms with Crippen molar-refractivity contribution in [2.75, 3.05) is 0 Å². The fourth-order valence-electron chi connectivity index (χ4n) is 2.14. The zero-order valence-electron chi connectivity index (χ0n) is 11.2. The van der Waals surface area contributed by atoms with Crippen molar-refractivity contribution in [3.63, 3.8) is 0 Å². The second-order valence-electron chi connectivity index (χ2n) is 5.03. The van der Waals surface area contributed by atoms with Crippen molar-refractivity contribution in [3.05, 3.63) is 69.8 Å². The number of rotatable bonds is 2. The highest BCUT2D eigenvalue weighted by Gasteiger charge is 2.03. The Morgan fingerprint density at radius 3 is 1.94 bits per heavy atom. The van der Waals surface area contributed by atoms with Crippen molar-refractivity contribution in [1.82, 2.24) is 0 Å². The van der Waals surface area contributed by atoms with Crippen LogP contribution in [0.25, 0.3) is 0 Å². The van der Waals surface area contributed by atoms with Crippen LogP contribution >= 0.6 is 0 Å². The van der Waals surface area contributed by atoms with Crippen LogP contribution in [0.2, 0.25) is 0 Å². The van der Waals surface area contributed by atoms with Gasteiger partial charge in [0.15, 0.2) is 0 Å². The van der Waals surface area contributed by atoms with Gasteiger partial charge in [-0.15, -0.1) is 0 Å². The Hall–Kier alpha value is -1.56. The molecule has 2 aromatic rings. The van der Waals surface area contributed by atoms with Crippen molar-refractivity contribution >= 4 is 0 Å². The Labute approximate surface area is 104 Å². The molecule has 0 nitrogen and oxygen atoms in total. The molecular formula is C17H20. The third-order valence-electron chi connectivity index (χ3n) is 3.47. The van der Waals surface area contributed by atoms with E-state index in [-0.39, 0.29) is 0 Å². The largest absolute Gasteiger partial charge is 0.0590 e. The van der Waals surface area contributed by atoms with Gasteiger partial charge in [0.25, 0.3) is 0 Å². The molecular weight excluding hydrogens is 204 g/mol. The van der Waals surface area contributed by atoms with Crippen LogP contribution in [-0.2, 0) is 6.42 Å². The molecule has 0 aromatic heterocycles. The quantitative estimate of drug-likeness (QED) is 0.704. The lowest BCUT2D eigenvalue weighted by atomic mass is 9.95. The maximum atomic E-state index is 2.32. The van der Waals surface area contributed by atoms with Crippen molar-refractivity contribution < 1.29 is 0 Å². The van der Waals surface area contributed by atoms with Gasteiger partial charge in [0.05, 0.1) is 0 Å². The molecule has 0 bridgehead atoms. The van der Waals surface area contributed by atoms with Gasteiger partial charge in [0.2, 0.25) is 0 Å². The predicted molar refractivity (Wildman–Crippen MR) is 74.6 cm³/mol. The maximum absolute atomic E-state index is 2.32. The molecule has 0 amide bonds. The highest BCUT2D eigenvalue weighted by Crippen LogP contribution is 2.18. The summed E-state index contributed by atoms with van der Waals surface area (Å²) in [5.41, 5.74) is 8.33. The van der Waals surface area contributed by atoms with Crippen LogP contribution in [0, 0.1) is 27.7 Å². The fourth-order valence-corrected chi connectivity index (χ4v) is 2.14. The number of benzene rings is 2. The third-order valence-corrected chi connectivity index (χ3v) is 3.47. The number of hydrogen-bond acceptors (Lipinski definition) is 0. The normalized spacial score (nSPS) is 10.6. The minimum atomic E-state index is 1.03. The van der Waals surface area contributed by atoms with Crippen LogP contribution in [0.3, 0.4) is 0 Å². The van der Waals surface area contributed by atoms with E-state index in [0.29, 0.717) is 0 Å². The molecule has 0 aliphatic carbocycles. The summed E-state index contributed by atoms with van der Waals surface area (Å²) in [5, 5.41) is 0. The Morgan fingerprint density at radius 1 is 0.706 bits per heavy atom. The van der Waals surface area contributed by atoms with E-state index < -0.39 is 0 Å². The molecule has 2 rings (SSSR count). The summed E-state index contributed by atoms with van der Waals surface area (Å²) in [6.45, 7) is 8.70. The van der Waals surface area contributed by atoms with Gasteiger partial charge in [-0.05, 0) is 61.9 Å². The van der Waals surface area contributed by atoms with Crippen LogP contribution < -0.4 is 0 Å². The Balaban J connectivity index is 2.30. The molecule has 0 atom stereocenters. The fraction of sp³-hybridized carbons (Fsp3) is 0.294. The first-order valence-corrected chi connectivity index (χ1v) is 6.18. The first kappa shape index (κ1) is 11.9. The maximum Gasteiger partial charge on any atom is -0.00230 e. The van der Waals surface area contributed by atoms with E-state index in [0.717, 1.165) is 6.42 Å². The molecule has 0 aliphatic rings. The highest BCUT2D eigenvalue weighted by atomic mass is 14.1. The number of hydrogen-bond donors (Lipinski definition) is 0. The van der Waals surface area contributed by atoms with Crippen molar-refractivity contribution in [2.24, 2.45) is 0 Å². The molecule has 0 spiro atoms. The molecule has 0 N–H and O–H groups in total. The second-order valence-corrected chi connectivity index (χ2v) is 5.03. The molecule has 0 heterocycles. The minimum absolute atomic E-state index is 1.03. The standard InChI is InChI=1S/C17H20/c1-12-5-7-16(8-6-12)11-17-10-14(3)13(2)9-15(17)4/h5-10H,11H2,1-4H3. The zero-order chi connectivity index (χ0) is 12.4. The van der Waals surface area contributed by atoms with Gasteiger partial charge in [0, 0.05) is 0 Å². The lowest BCUT2D eigenvalue weighted by Gasteiger charge is -2.10. The topological polar surface area (TPSA) is 0 Å². The highest BCUT2D eigenvalue weighted by molar-refractivity contribution is 5.39. The van der Waals surface area contributed by atoms with E-state index in [2.05, 4.69) is 64.1 Å². The first-order valence-electron chi connectivity index (χ1n) is 6.18. The van der Waals surface area contributed by atoms with Gasteiger partial charge in [0.1, 0.15) is 0 Å². The number of aryl methyl sites for hydroxylation is 4. The molecule has 0 saturated carbocycles. The van der Waals surface area contributed by atoms with E-state index in [4.69, 9.17) is 0 Å². The molecule has 0 heteroatoms. The van der Waals surface area contributed by atoms with E-state index in [1.165, 1.54) is 33.4 Å². The molecule has 88 valence electrons. The van der Waals surface area contributed by atoms with Gasteiger partial charge < -0.3 is 0 Å². The monoisotopic (exact) mass is 224 g/mol. The Morgan fingerprint density at radius 2 is 1.29 bits per heavy atom. The first-order chi connectivity index (χ1) is 8.06. The van der Waals surface area contributed by atoms with E-state index in [1.807, 2.05) is 0 Å². The van der Waals surface area contributed by atoms with Crippen LogP contribution in [0.4, 0.5) is 0 Å². The van der Waals surface area contributed by atoms with Gasteiger partial charge in [-0.25, -0.2) is 0 Å². The van der Waals surface area contributed by atoms with Gasteiger partial charge in [-0.3, -0.25) is 0 Å². The van der Waals surface area contributed by atoms with Gasteiger partial charge in [-0.1, -0.05) is 42.0 Å². The van der Waals surface area contributed by atoms with Gasteiger partial charge in [-0.2, -0.15) is 0 Å². The zero-order valence-corrected chi connectivity index (χ0v) is 11.2. The molecule has 17 heavy (non-hydrogen) atoms. The third kappa shape index (κ3) is 2.76. The minimum Gasteiger partial charge on any atom is -0.0590 e. The summed E-state index contributed by atoms with van der Waals surface area (Å²) in [7, 11) is 0. The van der Waals surface area contributed by atoms with E-state index in [1.54, 1.807) is 0 Å². The van der Waals surface area contributed by atoms with Crippen molar-refractivity contribution in [2.45, 2.75) is 34.1 Å². The van der Waals surface area contributed by atoms with Crippen molar-refractivity contribution in [1.29, 1.82) is 0 Å². The Bertz CT molecular complexity index is 518. The SMILES string of the molecule is Cc1ccc(Cc2cc(C)c(C)cc2C)cc1. The molecule has 0 fully saturated rings. The van der Waals surface area contributed by atoms with E-state index in [9.17, 15) is 0 Å². The van der Waals surface area contributed by atoms with Crippen LogP contribution in [0.1, 0.15) is 33.4 Å². The van der Waals surface area contributed by atoms with Gasteiger partial charge >= 0.3 is 0 Å². The summed E-state index contributed by atoms with van der Waals surface area (Å²) < 4.78 is 0. The Kier molecular flexibility index (Phi) is 3.33. The van der Waals surface area contributed by atoms with Crippen LogP contribution in [0.15, 0.2) is 36.4 Å². The van der Waals surface area contributed by atoms with Crippen molar-refractivity contribution in [3.8, 4) is 0 Å². The smallest absolute Gasteiger partial charge is 0.00230 e. The average Bonchev–Trinajstić information content (AvgIpc) is 2.29. The molecule has 0 saturated heterocycles. The predicted octanol–water partition coefficient (Wildman–Crippen LogP) is 4.51. The van der Waals surface area contributed by atoms with Crippen LogP contribution in [0.5, 0.6) is 0 Å². The molecule has 0 aliphatic heterocycles.